The molecular formula is C26H33ClO7. The van der Waals surface area contributed by atoms with Gasteiger partial charge < -0.3 is 23.7 Å². The van der Waals surface area contributed by atoms with E-state index in [1.165, 1.54) is 13.8 Å². The van der Waals surface area contributed by atoms with Crippen LogP contribution in [0.2, 0.25) is 0 Å². The van der Waals surface area contributed by atoms with Crippen molar-refractivity contribution in [2.75, 3.05) is 32.8 Å². The highest BCUT2D eigenvalue weighted by molar-refractivity contribution is 6.18. The molecule has 0 aliphatic carbocycles. The lowest BCUT2D eigenvalue weighted by Crippen LogP contribution is -2.28. The molecular weight excluding hydrogens is 460 g/mol. The summed E-state index contributed by atoms with van der Waals surface area (Å²) >= 11 is 5.82. The molecule has 0 aliphatic rings. The molecule has 0 amide bonds. The number of carbonyl (C=O) groups is 2. The van der Waals surface area contributed by atoms with E-state index in [9.17, 15) is 9.59 Å². The Kier molecular flexibility index (Phi) is 10.7. The van der Waals surface area contributed by atoms with Crippen LogP contribution in [0.1, 0.15) is 38.8 Å². The van der Waals surface area contributed by atoms with Gasteiger partial charge in [0.15, 0.2) is 6.10 Å². The van der Waals surface area contributed by atoms with Crippen LogP contribution in [-0.4, -0.2) is 57.0 Å². The summed E-state index contributed by atoms with van der Waals surface area (Å²) in [6.07, 6.45) is -0.956. The highest BCUT2D eigenvalue weighted by Crippen LogP contribution is 2.33. The van der Waals surface area contributed by atoms with Crippen molar-refractivity contribution in [3.05, 3.63) is 59.7 Å². The van der Waals surface area contributed by atoms with E-state index < -0.39 is 12.2 Å². The normalized spacial score (nSPS) is 13.0. The van der Waals surface area contributed by atoms with Crippen LogP contribution in [0.4, 0.5) is 0 Å². The number of benzene rings is 2. The number of methoxy groups -OCH3 is 1. The average Bonchev–Trinajstić information content (AvgIpc) is 2.80. The second-order valence-corrected chi connectivity index (χ2v) is 8.68. The number of esters is 2. The van der Waals surface area contributed by atoms with E-state index in [2.05, 4.69) is 13.8 Å². The molecule has 8 heteroatoms. The fourth-order valence-corrected chi connectivity index (χ4v) is 3.51. The lowest BCUT2D eigenvalue weighted by Gasteiger charge is -2.27. The predicted octanol–water partition coefficient (Wildman–Crippen LogP) is 4.52. The summed E-state index contributed by atoms with van der Waals surface area (Å²) in [7, 11) is 1.55. The first kappa shape index (κ1) is 27.5. The molecule has 2 rings (SSSR count). The van der Waals surface area contributed by atoms with Gasteiger partial charge in [0.2, 0.25) is 0 Å². The Labute approximate surface area is 206 Å². The van der Waals surface area contributed by atoms with E-state index in [4.69, 9.17) is 35.3 Å². The quantitative estimate of drug-likeness (QED) is 0.300. The van der Waals surface area contributed by atoms with Crippen molar-refractivity contribution in [1.29, 1.82) is 0 Å². The van der Waals surface area contributed by atoms with Gasteiger partial charge in [-0.2, -0.15) is 0 Å². The first-order chi connectivity index (χ1) is 16.1. The smallest absolute Gasteiger partial charge is 0.303 e. The maximum Gasteiger partial charge on any atom is 0.303 e. The minimum absolute atomic E-state index is 0.168. The number of carbonyl (C=O) groups excluding carboxylic acids is 2. The molecule has 2 aromatic rings. The summed E-state index contributed by atoms with van der Waals surface area (Å²) in [5, 5.41) is 0. The summed E-state index contributed by atoms with van der Waals surface area (Å²) in [6.45, 7) is 7.64. The van der Waals surface area contributed by atoms with Gasteiger partial charge in [-0.05, 0) is 35.4 Å². The Morgan fingerprint density at radius 2 is 1.18 bits per heavy atom. The first-order valence-corrected chi connectivity index (χ1v) is 11.5. The first-order valence-electron chi connectivity index (χ1n) is 11.0. The van der Waals surface area contributed by atoms with Gasteiger partial charge >= 0.3 is 11.9 Å². The summed E-state index contributed by atoms with van der Waals surface area (Å²) in [6, 6.07) is 15.6. The third-order valence-electron chi connectivity index (χ3n) is 5.21. The van der Waals surface area contributed by atoms with Crippen molar-refractivity contribution in [3.8, 4) is 11.5 Å². The second-order valence-electron chi connectivity index (χ2n) is 8.37. The molecule has 0 fully saturated rings. The number of hydrogen-bond acceptors (Lipinski definition) is 7. The summed E-state index contributed by atoms with van der Waals surface area (Å²) in [4.78, 5) is 22.3. The van der Waals surface area contributed by atoms with Crippen LogP contribution >= 0.6 is 11.6 Å². The molecule has 0 bridgehead atoms. The molecule has 0 spiro atoms. The molecule has 7 nitrogen and oxygen atoms in total. The molecule has 34 heavy (non-hydrogen) atoms. The molecule has 0 aromatic heterocycles. The molecule has 186 valence electrons. The SMILES string of the molecule is COC[C@H](COc1ccc(C(C)(C)c2ccc(OC[C@H](CCl)OC(C)=O)cc2)cc1)OC(C)=O. The van der Waals surface area contributed by atoms with Crippen molar-refractivity contribution in [2.45, 2.75) is 45.3 Å². The molecule has 0 radical (unpaired) electrons. The zero-order chi connectivity index (χ0) is 25.1. The van der Waals surface area contributed by atoms with Crippen LogP contribution in [0.15, 0.2) is 48.5 Å². The van der Waals surface area contributed by atoms with Crippen LogP contribution in [0.25, 0.3) is 0 Å². The molecule has 2 aromatic carbocycles. The molecule has 0 heterocycles. The lowest BCUT2D eigenvalue weighted by molar-refractivity contribution is -0.150. The highest BCUT2D eigenvalue weighted by Gasteiger charge is 2.23. The lowest BCUT2D eigenvalue weighted by atomic mass is 9.78. The van der Waals surface area contributed by atoms with Crippen molar-refractivity contribution >= 4 is 23.5 Å². The highest BCUT2D eigenvalue weighted by atomic mass is 35.5. The van der Waals surface area contributed by atoms with Crippen molar-refractivity contribution < 1.29 is 33.3 Å². The van der Waals surface area contributed by atoms with Gasteiger partial charge in [-0.25, -0.2) is 0 Å². The Morgan fingerprint density at radius 3 is 1.56 bits per heavy atom. The van der Waals surface area contributed by atoms with E-state index in [1.54, 1.807) is 7.11 Å². The van der Waals surface area contributed by atoms with Crippen LogP contribution in [0.5, 0.6) is 11.5 Å². The maximum atomic E-state index is 11.2. The van der Waals surface area contributed by atoms with Gasteiger partial charge in [-0.1, -0.05) is 38.1 Å². The van der Waals surface area contributed by atoms with Crippen LogP contribution < -0.4 is 9.47 Å². The van der Waals surface area contributed by atoms with E-state index in [0.29, 0.717) is 11.5 Å². The van der Waals surface area contributed by atoms with Crippen LogP contribution in [0, 0.1) is 0 Å². The van der Waals surface area contributed by atoms with Crippen molar-refractivity contribution in [2.24, 2.45) is 0 Å². The molecule has 0 unspecified atom stereocenters. The second kappa shape index (κ2) is 13.2. The van der Waals surface area contributed by atoms with Gasteiger partial charge in [0.25, 0.3) is 0 Å². The Morgan fingerprint density at radius 1 is 0.765 bits per heavy atom. The van der Waals surface area contributed by atoms with E-state index in [1.807, 2.05) is 48.5 Å². The van der Waals surface area contributed by atoms with Gasteiger partial charge in [0, 0.05) is 26.4 Å². The summed E-state index contributed by atoms with van der Waals surface area (Å²) < 4.78 is 26.8. The van der Waals surface area contributed by atoms with Gasteiger partial charge in [0.1, 0.15) is 30.8 Å². The minimum atomic E-state index is -0.491. The molecule has 0 aliphatic heterocycles. The Balaban J connectivity index is 1.99. The molecule has 0 N–H and O–H groups in total. The van der Waals surface area contributed by atoms with Crippen LogP contribution in [0.3, 0.4) is 0 Å². The number of alkyl halides is 1. The topological polar surface area (TPSA) is 80.3 Å². The predicted molar refractivity (Wildman–Crippen MR) is 130 cm³/mol. The third kappa shape index (κ3) is 8.54. The largest absolute Gasteiger partial charge is 0.490 e. The summed E-state index contributed by atoms with van der Waals surface area (Å²) in [5.41, 5.74) is 1.96. The van der Waals surface area contributed by atoms with E-state index in [0.717, 1.165) is 11.1 Å². The fraction of sp³-hybridized carbons (Fsp3) is 0.462. The Bertz CT molecular complexity index is 910. The molecule has 0 saturated carbocycles. The third-order valence-corrected chi connectivity index (χ3v) is 5.56. The number of halogens is 1. The number of rotatable bonds is 13. The zero-order valence-electron chi connectivity index (χ0n) is 20.3. The van der Waals surface area contributed by atoms with E-state index >= 15 is 0 Å². The molecule has 2 atom stereocenters. The monoisotopic (exact) mass is 492 g/mol. The van der Waals surface area contributed by atoms with Gasteiger partial charge in [-0.15, -0.1) is 11.6 Å². The summed E-state index contributed by atoms with van der Waals surface area (Å²) in [5.74, 6) is 0.757. The zero-order valence-corrected chi connectivity index (χ0v) is 21.1. The number of ether oxygens (including phenoxy) is 5. The minimum Gasteiger partial charge on any atom is -0.490 e. The van der Waals surface area contributed by atoms with Gasteiger partial charge in [0.05, 0.1) is 12.5 Å². The van der Waals surface area contributed by atoms with Gasteiger partial charge in [-0.3, -0.25) is 9.59 Å². The Hall–Kier alpha value is -2.77. The van der Waals surface area contributed by atoms with Crippen molar-refractivity contribution in [1.82, 2.24) is 0 Å². The van der Waals surface area contributed by atoms with E-state index in [-0.39, 0.29) is 43.1 Å². The molecule has 0 saturated heterocycles. The van der Waals surface area contributed by atoms with Crippen molar-refractivity contribution in [3.63, 3.8) is 0 Å². The number of hydrogen-bond donors (Lipinski definition) is 0. The standard InChI is InChI=1S/C26H33ClO7/c1-18(28)33-24(14-27)16-31-22-10-6-20(7-11-22)26(3,4)21-8-12-23(13-9-21)32-17-25(15-30-5)34-19(2)29/h6-13,24-25H,14-17H2,1-5H3/t24-,25+/m0/s1. The van der Waals surface area contributed by atoms with Crippen LogP contribution in [-0.2, 0) is 29.2 Å². The average molecular weight is 493 g/mol. The fourth-order valence-electron chi connectivity index (χ4n) is 3.36. The maximum absolute atomic E-state index is 11.2.